The molecule has 0 bridgehead atoms. The molecule has 2 aromatic carbocycles. The summed E-state index contributed by atoms with van der Waals surface area (Å²) in [6.45, 7) is 3.87. The molecule has 4 aromatic rings. The van der Waals surface area contributed by atoms with Crippen molar-refractivity contribution in [2.24, 2.45) is 5.10 Å². The Labute approximate surface area is 176 Å². The second kappa shape index (κ2) is 7.03. The van der Waals surface area contributed by atoms with E-state index in [9.17, 15) is 9.59 Å². The van der Waals surface area contributed by atoms with Gasteiger partial charge in [0, 0.05) is 16.0 Å². The van der Waals surface area contributed by atoms with Gasteiger partial charge in [-0.1, -0.05) is 48.5 Å². The zero-order chi connectivity index (χ0) is 20.8. The van der Waals surface area contributed by atoms with Crippen molar-refractivity contribution in [1.82, 2.24) is 15.4 Å². The Morgan fingerprint density at radius 2 is 1.63 bits per heavy atom. The van der Waals surface area contributed by atoms with Crippen molar-refractivity contribution in [3.05, 3.63) is 86.3 Å². The number of nitrogens with one attached hydrogen (secondary N) is 2. The molecule has 0 atom stereocenters. The van der Waals surface area contributed by atoms with Crippen molar-refractivity contribution in [2.45, 2.75) is 20.3 Å². The molecule has 1 amide bonds. The van der Waals surface area contributed by atoms with E-state index in [0.717, 1.165) is 38.4 Å². The molecular formula is C23H18N4O2S. The highest BCUT2D eigenvalue weighted by atomic mass is 32.1. The molecular weight excluding hydrogens is 396 g/mol. The zero-order valence-electron chi connectivity index (χ0n) is 16.4. The zero-order valence-corrected chi connectivity index (χ0v) is 17.3. The first-order chi connectivity index (χ1) is 14.5. The number of thiophene rings is 1. The van der Waals surface area contributed by atoms with E-state index in [1.165, 1.54) is 11.3 Å². The lowest BCUT2D eigenvalue weighted by Gasteiger charge is -2.04. The molecule has 1 aliphatic rings. The first-order valence-electron chi connectivity index (χ1n) is 9.57. The van der Waals surface area contributed by atoms with Crippen LogP contribution in [0.3, 0.4) is 0 Å². The quantitative estimate of drug-likeness (QED) is 0.442. The van der Waals surface area contributed by atoms with E-state index in [1.54, 1.807) is 0 Å². The smallest absolute Gasteiger partial charge is 0.259 e. The molecule has 0 saturated heterocycles. The molecule has 2 N–H and O–H groups in total. The molecule has 7 heteroatoms. The van der Waals surface area contributed by atoms with Gasteiger partial charge in [0.15, 0.2) is 0 Å². The van der Waals surface area contributed by atoms with Crippen LogP contribution in [0.1, 0.15) is 27.4 Å². The minimum Gasteiger partial charge on any atom is -0.309 e. The molecule has 0 unspecified atom stereocenters. The van der Waals surface area contributed by atoms with Gasteiger partial charge in [0.1, 0.15) is 10.7 Å². The predicted molar refractivity (Wildman–Crippen MR) is 119 cm³/mol. The highest BCUT2D eigenvalue weighted by molar-refractivity contribution is 7.18. The topological polar surface area (TPSA) is 87.2 Å². The fraction of sp³-hybridized carbons (Fsp3) is 0.130. The van der Waals surface area contributed by atoms with Gasteiger partial charge in [-0.15, -0.1) is 11.3 Å². The van der Waals surface area contributed by atoms with Crippen LogP contribution < -0.4 is 11.0 Å². The standard InChI is InChI=1S/C23H18N4O2S/c1-12-13(2)30-23-20(12)22(29)24-18(25-23)11-19(28)26-27-21-16-9-5-3-7-14(16)15-8-4-6-10-17(15)21/h3-10H,11H2,1-2H3,(H,26,28)(H,24,25,29). The Bertz CT molecular complexity index is 1370. The van der Waals surface area contributed by atoms with Crippen LogP contribution in [-0.2, 0) is 11.2 Å². The summed E-state index contributed by atoms with van der Waals surface area (Å²) < 4.78 is 0. The summed E-state index contributed by atoms with van der Waals surface area (Å²) >= 11 is 1.46. The minimum atomic E-state index is -0.336. The number of carbonyl (C=O) groups is 1. The molecule has 5 rings (SSSR count). The van der Waals surface area contributed by atoms with Crippen molar-refractivity contribution in [3.8, 4) is 11.1 Å². The van der Waals surface area contributed by atoms with Crippen molar-refractivity contribution in [2.75, 3.05) is 0 Å². The molecule has 0 fully saturated rings. The molecule has 0 spiro atoms. The van der Waals surface area contributed by atoms with Gasteiger partial charge >= 0.3 is 0 Å². The predicted octanol–water partition coefficient (Wildman–Crippen LogP) is 3.69. The molecule has 0 aliphatic heterocycles. The highest BCUT2D eigenvalue weighted by Gasteiger charge is 2.24. The third-order valence-corrected chi connectivity index (χ3v) is 6.46. The number of benzene rings is 2. The van der Waals surface area contributed by atoms with Crippen molar-refractivity contribution in [1.29, 1.82) is 0 Å². The maximum Gasteiger partial charge on any atom is 0.259 e. The van der Waals surface area contributed by atoms with E-state index in [2.05, 4.69) is 20.5 Å². The molecule has 2 heterocycles. The van der Waals surface area contributed by atoms with Gasteiger partial charge < -0.3 is 4.98 Å². The molecule has 0 radical (unpaired) electrons. The fourth-order valence-corrected chi connectivity index (χ4v) is 4.86. The van der Waals surface area contributed by atoms with Crippen LogP contribution >= 0.6 is 11.3 Å². The Balaban J connectivity index is 1.42. The van der Waals surface area contributed by atoms with E-state index in [4.69, 9.17) is 0 Å². The number of carbonyl (C=O) groups excluding carboxylic acids is 1. The number of hydrazone groups is 1. The minimum absolute atomic E-state index is 0.0543. The highest BCUT2D eigenvalue weighted by Crippen LogP contribution is 2.36. The average molecular weight is 414 g/mol. The maximum absolute atomic E-state index is 12.5. The fourth-order valence-electron chi connectivity index (χ4n) is 3.81. The SMILES string of the molecule is Cc1sc2nc(CC(=O)NN=C3c4ccccc4-c4ccccc43)[nH]c(=O)c2c1C. The number of nitrogens with zero attached hydrogens (tertiary/aromatic N) is 2. The van der Waals surface area contributed by atoms with Gasteiger partial charge in [-0.3, -0.25) is 9.59 Å². The number of aryl methyl sites for hydroxylation is 2. The maximum atomic E-state index is 12.5. The van der Waals surface area contributed by atoms with Crippen molar-refractivity contribution < 1.29 is 4.79 Å². The van der Waals surface area contributed by atoms with Crippen molar-refractivity contribution >= 4 is 33.2 Å². The summed E-state index contributed by atoms with van der Waals surface area (Å²) in [5, 5.41) is 5.00. The number of aromatic nitrogens is 2. The van der Waals surface area contributed by atoms with Crippen LogP contribution in [-0.4, -0.2) is 21.6 Å². The van der Waals surface area contributed by atoms with Crippen molar-refractivity contribution in [3.63, 3.8) is 0 Å². The second-order valence-electron chi connectivity index (χ2n) is 7.24. The lowest BCUT2D eigenvalue weighted by atomic mass is 10.1. The normalized spacial score (nSPS) is 12.0. The number of hydrogen-bond donors (Lipinski definition) is 2. The Morgan fingerprint density at radius 3 is 2.27 bits per heavy atom. The number of rotatable bonds is 3. The number of fused-ring (bicyclic) bond motifs is 4. The first kappa shape index (κ1) is 18.4. The number of aromatic amines is 1. The van der Waals surface area contributed by atoms with E-state index < -0.39 is 0 Å². The third kappa shape index (κ3) is 2.95. The summed E-state index contributed by atoms with van der Waals surface area (Å²) in [7, 11) is 0. The van der Waals surface area contributed by atoms with Crippen LogP contribution in [0.15, 0.2) is 58.4 Å². The summed E-state index contributed by atoms with van der Waals surface area (Å²) in [6.07, 6.45) is -0.0543. The van der Waals surface area contributed by atoms with Crippen LogP contribution in [0.5, 0.6) is 0 Å². The molecule has 148 valence electrons. The Hall–Kier alpha value is -3.58. The van der Waals surface area contributed by atoms with Gasteiger partial charge in [-0.05, 0) is 30.5 Å². The molecule has 6 nitrogen and oxygen atoms in total. The summed E-state index contributed by atoms with van der Waals surface area (Å²) in [4.78, 5) is 33.8. The van der Waals surface area contributed by atoms with E-state index >= 15 is 0 Å². The molecule has 0 saturated carbocycles. The first-order valence-corrected chi connectivity index (χ1v) is 10.4. The Kier molecular flexibility index (Phi) is 4.33. The lowest BCUT2D eigenvalue weighted by molar-refractivity contribution is -0.120. The van der Waals surface area contributed by atoms with Crippen LogP contribution in [0, 0.1) is 13.8 Å². The van der Waals surface area contributed by atoms with Gasteiger partial charge in [0.2, 0.25) is 5.91 Å². The van der Waals surface area contributed by atoms with E-state index in [-0.39, 0.29) is 17.9 Å². The Morgan fingerprint density at radius 1 is 1.03 bits per heavy atom. The third-order valence-electron chi connectivity index (χ3n) is 5.36. The molecule has 1 aliphatic carbocycles. The number of hydrogen-bond acceptors (Lipinski definition) is 5. The van der Waals surface area contributed by atoms with Crippen LogP contribution in [0.4, 0.5) is 0 Å². The van der Waals surface area contributed by atoms with Gasteiger partial charge in [-0.2, -0.15) is 5.10 Å². The largest absolute Gasteiger partial charge is 0.309 e. The van der Waals surface area contributed by atoms with Gasteiger partial charge in [0.05, 0.1) is 17.5 Å². The van der Waals surface area contributed by atoms with Gasteiger partial charge in [0.25, 0.3) is 5.56 Å². The van der Waals surface area contributed by atoms with Crippen LogP contribution in [0.25, 0.3) is 21.3 Å². The summed E-state index contributed by atoms with van der Waals surface area (Å²) in [5.41, 5.74) is 8.25. The monoisotopic (exact) mass is 414 g/mol. The molecule has 2 aromatic heterocycles. The molecule has 30 heavy (non-hydrogen) atoms. The van der Waals surface area contributed by atoms with E-state index in [1.807, 2.05) is 62.4 Å². The average Bonchev–Trinajstić information content (AvgIpc) is 3.21. The number of amides is 1. The van der Waals surface area contributed by atoms with Crippen LogP contribution in [0.2, 0.25) is 0 Å². The number of H-pyrrole nitrogens is 1. The lowest BCUT2D eigenvalue weighted by Crippen LogP contribution is -2.24. The van der Waals surface area contributed by atoms with Gasteiger partial charge in [-0.25, -0.2) is 10.4 Å². The summed E-state index contributed by atoms with van der Waals surface area (Å²) in [6, 6.07) is 16.0. The second-order valence-corrected chi connectivity index (χ2v) is 8.44. The van der Waals surface area contributed by atoms with E-state index in [0.29, 0.717) is 16.0 Å². The summed E-state index contributed by atoms with van der Waals surface area (Å²) in [5.74, 6) is -0.00413.